The van der Waals surface area contributed by atoms with Crippen LogP contribution in [0, 0.1) is 67.3 Å². The second-order valence-corrected chi connectivity index (χ2v) is 9.74. The molecule has 4 N–H and O–H groups in total. The van der Waals surface area contributed by atoms with Crippen LogP contribution in [0.5, 0.6) is 0 Å². The van der Waals surface area contributed by atoms with E-state index in [4.69, 9.17) is 0 Å². The maximum Gasteiger partial charge on any atom is 2.00 e. The monoisotopic (exact) mass is 702 g/mol. The molecule has 1 aromatic carbocycles. The van der Waals surface area contributed by atoms with Crippen molar-refractivity contribution < 1.29 is 39.9 Å². The van der Waals surface area contributed by atoms with Crippen molar-refractivity contribution in [2.75, 3.05) is 51.6 Å². The van der Waals surface area contributed by atoms with E-state index >= 15 is 0 Å². The molecule has 1 aromatic rings. The third-order valence-electron chi connectivity index (χ3n) is 7.19. The molecular weight excluding hydrogens is 656 g/mol. The van der Waals surface area contributed by atoms with Gasteiger partial charge in [0.2, 0.25) is 0 Å². The fraction of sp³-hybridized carbons (Fsp3) is 0.741. The van der Waals surface area contributed by atoms with Gasteiger partial charge in [-0.1, -0.05) is 51.1 Å². The third-order valence-corrected chi connectivity index (χ3v) is 7.19. The second kappa shape index (κ2) is 19.9. The van der Waals surface area contributed by atoms with E-state index in [2.05, 4.69) is 34.3 Å². The third kappa shape index (κ3) is 13.8. The summed E-state index contributed by atoms with van der Waals surface area (Å²) in [4.78, 5) is 0. The smallest absolute Gasteiger partial charge is 0.421 e. The molecule has 2 aliphatic carbocycles. The van der Waals surface area contributed by atoms with Crippen LogP contribution in [-0.4, -0.2) is 46.3 Å². The molecule has 0 saturated heterocycles. The molecule has 2 fully saturated rings. The molecule has 2 saturated carbocycles. The first-order valence-corrected chi connectivity index (χ1v) is 13.0. The van der Waals surface area contributed by atoms with E-state index in [1.807, 2.05) is 31.3 Å². The fourth-order valence-corrected chi connectivity index (χ4v) is 5.01. The molecule has 192 valence electrons. The Morgan fingerprint density at radius 3 is 1.82 bits per heavy atom. The van der Waals surface area contributed by atoms with Gasteiger partial charge in [0, 0.05) is 45.7 Å². The summed E-state index contributed by atoms with van der Waals surface area (Å²) in [5.74, 6) is 2.12. The van der Waals surface area contributed by atoms with Crippen LogP contribution in [0.2, 0.25) is 0 Å². The Bertz CT molecular complexity index is 577. The standard InChI is InChI=1S/C14H23F2.C13H23N4.U/c1-10-2-4-11(5-3-10)12-6-8-13(9-7-12)14(15)16;1-14-7-8-15-9-10-16-11-12-17-13-5-3-2-4-6-13;/h10-13H,2-9H2,1H3;3-6,14-17H,7-12H2,1H3;/q2*-1;+2. The van der Waals surface area contributed by atoms with Crippen LogP contribution in [0.4, 0.5) is 14.5 Å². The van der Waals surface area contributed by atoms with Crippen LogP contribution in [0.15, 0.2) is 24.3 Å². The molecule has 0 bridgehead atoms. The van der Waals surface area contributed by atoms with Crippen molar-refractivity contribution in [3.05, 3.63) is 36.8 Å². The molecule has 0 amide bonds. The number of hydrogen-bond acceptors (Lipinski definition) is 4. The minimum absolute atomic E-state index is 0. The molecule has 34 heavy (non-hydrogen) atoms. The minimum Gasteiger partial charge on any atom is -0.421 e. The summed E-state index contributed by atoms with van der Waals surface area (Å²) < 4.78 is 24.9. The van der Waals surface area contributed by atoms with Gasteiger partial charge in [-0.05, 0) is 37.6 Å². The molecule has 0 unspecified atom stereocenters. The fourth-order valence-electron chi connectivity index (χ4n) is 5.01. The largest absolute Gasteiger partial charge is 2.00 e. The maximum atomic E-state index is 12.5. The molecule has 4 nitrogen and oxygen atoms in total. The van der Waals surface area contributed by atoms with E-state index in [1.165, 1.54) is 25.7 Å². The first-order chi connectivity index (χ1) is 16.1. The predicted molar refractivity (Wildman–Crippen MR) is 135 cm³/mol. The van der Waals surface area contributed by atoms with Gasteiger partial charge in [-0.15, -0.1) is 18.1 Å². The van der Waals surface area contributed by atoms with E-state index in [-0.39, 0.29) is 37.0 Å². The normalized spacial score (nSPS) is 24.6. The molecule has 0 heterocycles. The zero-order valence-corrected chi connectivity index (χ0v) is 25.4. The van der Waals surface area contributed by atoms with Crippen LogP contribution in [0.25, 0.3) is 0 Å². The summed E-state index contributed by atoms with van der Waals surface area (Å²) in [5, 5.41) is 13.2. The molecule has 0 aromatic heterocycles. The van der Waals surface area contributed by atoms with Gasteiger partial charge in [-0.25, -0.2) is 0 Å². The quantitative estimate of drug-likeness (QED) is 0.176. The van der Waals surface area contributed by atoms with Gasteiger partial charge < -0.3 is 30.0 Å². The van der Waals surface area contributed by atoms with Gasteiger partial charge in [0.15, 0.2) is 0 Å². The van der Waals surface area contributed by atoms with Crippen molar-refractivity contribution in [1.82, 2.24) is 16.0 Å². The summed E-state index contributed by atoms with van der Waals surface area (Å²) in [7, 11) is 1.97. The molecule has 0 atom stereocenters. The van der Waals surface area contributed by atoms with E-state index in [0.717, 1.165) is 88.4 Å². The van der Waals surface area contributed by atoms with Crippen LogP contribution < -0.4 is 21.3 Å². The van der Waals surface area contributed by atoms with Gasteiger partial charge in [-0.3, -0.25) is 0 Å². The maximum absolute atomic E-state index is 12.5. The van der Waals surface area contributed by atoms with Gasteiger partial charge in [-0.2, -0.15) is 18.2 Å². The zero-order valence-electron chi connectivity index (χ0n) is 21.3. The Kier molecular flexibility index (Phi) is 18.7. The van der Waals surface area contributed by atoms with Crippen molar-refractivity contribution in [2.24, 2.45) is 23.7 Å². The number of benzene rings is 1. The number of rotatable bonds is 12. The summed E-state index contributed by atoms with van der Waals surface area (Å²) in [6, 6.07) is 10.9. The van der Waals surface area contributed by atoms with Gasteiger partial charge >= 0.3 is 31.1 Å². The Labute approximate surface area is 230 Å². The molecule has 2 aliphatic rings. The molecule has 0 radical (unpaired) electrons. The number of anilines is 1. The van der Waals surface area contributed by atoms with Crippen molar-refractivity contribution >= 4 is 5.69 Å². The summed E-state index contributed by atoms with van der Waals surface area (Å²) in [6.07, 6.45) is 7.63. The molecule has 7 heteroatoms. The van der Waals surface area contributed by atoms with Gasteiger partial charge in [0.1, 0.15) is 0 Å². The van der Waals surface area contributed by atoms with Gasteiger partial charge in [0.05, 0.1) is 0 Å². The van der Waals surface area contributed by atoms with E-state index in [9.17, 15) is 8.78 Å². The van der Waals surface area contributed by atoms with Crippen molar-refractivity contribution in [3.63, 3.8) is 0 Å². The Morgan fingerprint density at radius 1 is 0.794 bits per heavy atom. The first kappa shape index (κ1) is 31.8. The van der Waals surface area contributed by atoms with Crippen LogP contribution in [-0.2, 0) is 0 Å². The van der Waals surface area contributed by atoms with Crippen LogP contribution >= 0.6 is 0 Å². The molecular formula is C27H46F2N4U. The summed E-state index contributed by atoms with van der Waals surface area (Å²) in [6.45, 7) is 8.33. The summed E-state index contributed by atoms with van der Waals surface area (Å²) >= 11 is 0. The average Bonchev–Trinajstić information content (AvgIpc) is 2.85. The summed E-state index contributed by atoms with van der Waals surface area (Å²) in [5.41, 5.74) is 1.15. The minimum atomic E-state index is -1.32. The number of halogens is 2. The van der Waals surface area contributed by atoms with E-state index in [1.54, 1.807) is 0 Å². The second-order valence-electron chi connectivity index (χ2n) is 9.74. The zero-order chi connectivity index (χ0) is 23.7. The van der Waals surface area contributed by atoms with Crippen molar-refractivity contribution in [2.45, 2.75) is 58.3 Å². The van der Waals surface area contributed by atoms with E-state index < -0.39 is 6.43 Å². The van der Waals surface area contributed by atoms with Gasteiger partial charge in [0.25, 0.3) is 0 Å². The number of hydrogen-bond donors (Lipinski definition) is 4. The first-order valence-electron chi connectivity index (χ1n) is 13.0. The van der Waals surface area contributed by atoms with Crippen LogP contribution in [0.1, 0.15) is 58.3 Å². The van der Waals surface area contributed by atoms with Crippen molar-refractivity contribution in [1.29, 1.82) is 0 Å². The number of nitrogens with one attached hydrogen (secondary N) is 4. The Hall–Kier alpha value is -0.188. The van der Waals surface area contributed by atoms with Crippen LogP contribution in [0.3, 0.4) is 0 Å². The predicted octanol–water partition coefficient (Wildman–Crippen LogP) is 5.34. The number of likely N-dealkylation sites (N-methyl/N-ethyl adjacent to an activating group) is 1. The molecule has 0 spiro atoms. The molecule has 0 aliphatic heterocycles. The van der Waals surface area contributed by atoms with E-state index in [0.29, 0.717) is 0 Å². The Balaban J connectivity index is 0.000000331. The Morgan fingerprint density at radius 2 is 1.29 bits per heavy atom. The topological polar surface area (TPSA) is 48.1 Å². The average molecular weight is 703 g/mol. The SMILES string of the molecule is CC1CCC(C2CCC([C-](F)F)CC2)CC1.CNCCNCCNCCNc1cc[c-]cc1.[U+2]. The molecule has 3 rings (SSSR count). The van der Waals surface area contributed by atoms with Crippen molar-refractivity contribution in [3.8, 4) is 0 Å².